The van der Waals surface area contributed by atoms with Crippen molar-refractivity contribution in [2.24, 2.45) is 4.99 Å². The van der Waals surface area contributed by atoms with Gasteiger partial charge in [0.1, 0.15) is 17.6 Å². The van der Waals surface area contributed by atoms with Gasteiger partial charge < -0.3 is 14.7 Å². The first-order valence-corrected chi connectivity index (χ1v) is 7.98. The zero-order chi connectivity index (χ0) is 16.0. The molecule has 1 unspecified atom stereocenters. The van der Waals surface area contributed by atoms with Crippen LogP contribution >= 0.6 is 11.8 Å². The highest BCUT2D eigenvalue weighted by molar-refractivity contribution is 8.04. The van der Waals surface area contributed by atoms with E-state index in [1.807, 2.05) is 34.0 Å². The summed E-state index contributed by atoms with van der Waals surface area (Å²) in [4.78, 5) is 8.95. The van der Waals surface area contributed by atoms with Crippen molar-refractivity contribution in [2.75, 3.05) is 26.1 Å². The van der Waals surface area contributed by atoms with Crippen molar-refractivity contribution in [3.63, 3.8) is 0 Å². The lowest BCUT2D eigenvalue weighted by molar-refractivity contribution is 0.228. The van der Waals surface area contributed by atoms with Crippen LogP contribution in [0.2, 0.25) is 0 Å². The number of aliphatic hydroxyl groups is 1. The van der Waals surface area contributed by atoms with Crippen LogP contribution in [0.25, 0.3) is 0 Å². The lowest BCUT2D eigenvalue weighted by Gasteiger charge is -2.30. The third kappa shape index (κ3) is 2.25. The molecule has 3 rings (SSSR count). The Balaban J connectivity index is 2.17. The molecule has 116 valence electrons. The summed E-state index contributed by atoms with van der Waals surface area (Å²) in [5, 5.41) is 10.4. The van der Waals surface area contributed by atoms with Gasteiger partial charge in [-0.3, -0.25) is 0 Å². The highest BCUT2D eigenvalue weighted by Gasteiger charge is 2.33. The predicted octanol–water partition coefficient (Wildman–Crippen LogP) is 3.50. The smallest absolute Gasteiger partial charge is 0.147 e. The number of aliphatic imine (C=N–C) groups is 1. The Morgan fingerprint density at radius 2 is 1.95 bits per heavy atom. The molecule has 1 atom stereocenters. The van der Waals surface area contributed by atoms with Gasteiger partial charge in [-0.25, -0.2) is 4.99 Å². The molecule has 1 aromatic rings. The van der Waals surface area contributed by atoms with Crippen LogP contribution in [0.5, 0.6) is 0 Å². The quantitative estimate of drug-likeness (QED) is 0.907. The van der Waals surface area contributed by atoms with Crippen LogP contribution in [0.15, 0.2) is 49.9 Å². The first kappa shape index (κ1) is 15.2. The molecular formula is C17H20N2O2S. The number of benzene rings is 1. The molecular weight excluding hydrogens is 296 g/mol. The number of anilines is 1. The molecule has 0 spiro atoms. The number of hydrogen-bond acceptors (Lipinski definition) is 5. The molecule has 2 aliphatic rings. The first-order chi connectivity index (χ1) is 10.4. The number of allylic oxidation sites excluding steroid dienone is 1. The van der Waals surface area contributed by atoms with Crippen molar-refractivity contribution >= 4 is 28.8 Å². The highest BCUT2D eigenvalue weighted by atomic mass is 32.2. The molecule has 0 saturated heterocycles. The van der Waals surface area contributed by atoms with E-state index in [9.17, 15) is 5.11 Å². The van der Waals surface area contributed by atoms with Gasteiger partial charge in [-0.2, -0.15) is 0 Å². The fourth-order valence-corrected chi connectivity index (χ4v) is 3.85. The van der Waals surface area contributed by atoms with Gasteiger partial charge in [0.25, 0.3) is 0 Å². The SMILES string of the molecule is COC1=C(C)C(O)C(C)=C2Sc3cc(N(C)C)ccc3N=C12. The molecule has 22 heavy (non-hydrogen) atoms. The monoisotopic (exact) mass is 316 g/mol. The fraction of sp³-hybridized carbons (Fsp3) is 0.353. The Kier molecular flexibility index (Phi) is 3.78. The highest BCUT2D eigenvalue weighted by Crippen LogP contribution is 2.47. The van der Waals surface area contributed by atoms with Crippen molar-refractivity contribution < 1.29 is 9.84 Å². The Morgan fingerprint density at radius 1 is 1.23 bits per heavy atom. The van der Waals surface area contributed by atoms with E-state index < -0.39 is 6.10 Å². The van der Waals surface area contributed by atoms with Gasteiger partial charge in [-0.1, -0.05) is 11.8 Å². The average molecular weight is 316 g/mol. The Hall–Kier alpha value is -1.72. The molecule has 0 bridgehead atoms. The molecule has 0 amide bonds. The molecule has 1 aromatic carbocycles. The van der Waals surface area contributed by atoms with Gasteiger partial charge in [0.15, 0.2) is 0 Å². The van der Waals surface area contributed by atoms with Gasteiger partial charge in [-0.05, 0) is 37.6 Å². The largest absolute Gasteiger partial charge is 0.494 e. The Morgan fingerprint density at radius 3 is 2.59 bits per heavy atom. The number of hydrogen-bond donors (Lipinski definition) is 1. The van der Waals surface area contributed by atoms with Gasteiger partial charge in [-0.15, -0.1) is 0 Å². The summed E-state index contributed by atoms with van der Waals surface area (Å²) in [6.07, 6.45) is -0.602. The van der Waals surface area contributed by atoms with Crippen molar-refractivity contribution in [1.82, 2.24) is 0 Å². The first-order valence-electron chi connectivity index (χ1n) is 7.16. The van der Waals surface area contributed by atoms with Gasteiger partial charge in [0.2, 0.25) is 0 Å². The third-order valence-corrected chi connectivity index (χ3v) is 5.34. The van der Waals surface area contributed by atoms with Crippen LogP contribution in [-0.2, 0) is 4.74 Å². The predicted molar refractivity (Wildman–Crippen MR) is 92.1 cm³/mol. The van der Waals surface area contributed by atoms with Gasteiger partial charge in [0, 0.05) is 35.2 Å². The average Bonchev–Trinajstić information content (AvgIpc) is 2.51. The van der Waals surface area contributed by atoms with E-state index in [1.54, 1.807) is 18.9 Å². The number of ether oxygens (including phenoxy) is 1. The topological polar surface area (TPSA) is 45.1 Å². The standard InChI is InChI=1S/C17H20N2O2S/c1-9-15(20)10(2)17-14(16(9)21-5)18-12-7-6-11(19(3)4)8-13(12)22-17/h6-8,15,20H,1-5H3. The Bertz CT molecular complexity index is 732. The number of aliphatic hydroxyl groups excluding tert-OH is 1. The summed E-state index contributed by atoms with van der Waals surface area (Å²) in [5.41, 5.74) is 4.66. The van der Waals surface area contributed by atoms with Crippen molar-refractivity contribution in [3.8, 4) is 0 Å². The lowest BCUT2D eigenvalue weighted by atomic mass is 9.94. The van der Waals surface area contributed by atoms with Crippen molar-refractivity contribution in [2.45, 2.75) is 24.8 Å². The number of thioether (sulfide) groups is 1. The lowest BCUT2D eigenvalue weighted by Crippen LogP contribution is -2.26. The second-order valence-electron chi connectivity index (χ2n) is 5.74. The summed E-state index contributed by atoms with van der Waals surface area (Å²) >= 11 is 1.65. The minimum absolute atomic E-state index is 0.602. The molecule has 0 aromatic heterocycles. The van der Waals surface area contributed by atoms with Crippen LogP contribution in [0, 0.1) is 0 Å². The number of nitrogens with zero attached hydrogens (tertiary/aromatic N) is 2. The van der Waals surface area contributed by atoms with Crippen molar-refractivity contribution in [3.05, 3.63) is 40.0 Å². The van der Waals surface area contributed by atoms with E-state index in [1.165, 1.54) is 0 Å². The zero-order valence-electron chi connectivity index (χ0n) is 13.5. The van der Waals surface area contributed by atoms with E-state index in [0.29, 0.717) is 5.76 Å². The van der Waals surface area contributed by atoms with Crippen LogP contribution < -0.4 is 4.90 Å². The molecule has 1 heterocycles. The summed E-state index contributed by atoms with van der Waals surface area (Å²) < 4.78 is 5.50. The number of rotatable bonds is 2. The second kappa shape index (κ2) is 5.48. The second-order valence-corrected chi connectivity index (χ2v) is 6.79. The van der Waals surface area contributed by atoms with Gasteiger partial charge in [0.05, 0.1) is 12.8 Å². The summed E-state index contributed by atoms with van der Waals surface area (Å²) in [7, 11) is 5.67. The molecule has 1 aliphatic carbocycles. The maximum absolute atomic E-state index is 10.4. The molecule has 1 N–H and O–H groups in total. The van der Waals surface area contributed by atoms with E-state index in [-0.39, 0.29) is 0 Å². The third-order valence-electron chi connectivity index (χ3n) is 4.07. The minimum atomic E-state index is -0.602. The summed E-state index contributed by atoms with van der Waals surface area (Å²) in [5.74, 6) is 0.683. The van der Waals surface area contributed by atoms with E-state index in [4.69, 9.17) is 9.73 Å². The Labute approximate surface area is 135 Å². The normalized spacial score (nSPS) is 20.5. The summed E-state index contributed by atoms with van der Waals surface area (Å²) in [6.45, 7) is 3.85. The molecule has 0 fully saturated rings. The minimum Gasteiger partial charge on any atom is -0.494 e. The fourth-order valence-electron chi connectivity index (χ4n) is 2.72. The van der Waals surface area contributed by atoms with Crippen molar-refractivity contribution in [1.29, 1.82) is 0 Å². The molecule has 0 radical (unpaired) electrons. The molecule has 4 nitrogen and oxygen atoms in total. The van der Waals surface area contributed by atoms with Gasteiger partial charge >= 0.3 is 0 Å². The van der Waals surface area contributed by atoms with Crippen LogP contribution in [0.4, 0.5) is 11.4 Å². The molecule has 5 heteroatoms. The van der Waals surface area contributed by atoms with E-state index in [2.05, 4.69) is 17.0 Å². The maximum Gasteiger partial charge on any atom is 0.147 e. The number of fused-ring (bicyclic) bond motifs is 2. The van der Waals surface area contributed by atoms with E-state index >= 15 is 0 Å². The van der Waals surface area contributed by atoms with Crippen LogP contribution in [-0.4, -0.2) is 38.1 Å². The number of methoxy groups -OCH3 is 1. The van der Waals surface area contributed by atoms with Crippen LogP contribution in [0.1, 0.15) is 13.8 Å². The maximum atomic E-state index is 10.4. The zero-order valence-corrected chi connectivity index (χ0v) is 14.3. The molecule has 1 aliphatic heterocycles. The summed E-state index contributed by atoms with van der Waals surface area (Å²) in [6, 6.07) is 6.22. The molecule has 0 saturated carbocycles. The van der Waals surface area contributed by atoms with E-state index in [0.717, 1.165) is 38.0 Å². The van der Waals surface area contributed by atoms with Crippen LogP contribution in [0.3, 0.4) is 0 Å².